The van der Waals surface area contributed by atoms with Crippen molar-refractivity contribution in [1.29, 1.82) is 0 Å². The topological polar surface area (TPSA) is 49.7 Å². The molecule has 1 N–H and O–H groups in total. The summed E-state index contributed by atoms with van der Waals surface area (Å²) in [5.74, 6) is 0. The van der Waals surface area contributed by atoms with Gasteiger partial charge in [0, 0.05) is 0 Å². The average Bonchev–Trinajstić information content (AvgIpc) is 1.82. The quantitative estimate of drug-likeness (QED) is 0.354. The number of rotatable bonds is 2. The Balaban J connectivity index is 0. The monoisotopic (exact) mass is 143 g/mol. The smallest absolute Gasteiger partial charge is 0.235 e. The highest BCUT2D eigenvalue weighted by molar-refractivity contribution is 5.32. The molecule has 0 radical (unpaired) electrons. The molecule has 0 saturated heterocycles. The van der Waals surface area contributed by atoms with E-state index in [9.17, 15) is 0 Å². The molecule has 0 saturated carbocycles. The fourth-order valence-corrected chi connectivity index (χ4v) is 0.0956. The molecule has 0 heterocycles. The molecule has 0 aliphatic heterocycles. The molecule has 0 aromatic rings. The summed E-state index contributed by atoms with van der Waals surface area (Å²) >= 11 is 0. The fourth-order valence-electron chi connectivity index (χ4n) is 0.0956. The van der Waals surface area contributed by atoms with Crippen molar-refractivity contribution >= 4 is 6.08 Å². The zero-order chi connectivity index (χ0) is 8.41. The normalized spacial score (nSPS) is 6.70. The Morgan fingerprint density at radius 2 is 2.10 bits per heavy atom. The van der Waals surface area contributed by atoms with Crippen molar-refractivity contribution < 1.29 is 9.90 Å². The van der Waals surface area contributed by atoms with Gasteiger partial charge in [-0.25, -0.2) is 9.79 Å². The van der Waals surface area contributed by atoms with Crippen LogP contribution in [0.3, 0.4) is 0 Å². The van der Waals surface area contributed by atoms with Crippen molar-refractivity contribution in [3.05, 3.63) is 12.2 Å². The third-order valence-electron chi connectivity index (χ3n) is 0.276. The van der Waals surface area contributed by atoms with Crippen LogP contribution in [0.15, 0.2) is 17.1 Å². The molecule has 3 nitrogen and oxygen atoms in total. The van der Waals surface area contributed by atoms with Gasteiger partial charge >= 0.3 is 0 Å². The van der Waals surface area contributed by atoms with Crippen LogP contribution in [0.2, 0.25) is 0 Å². The molecule has 0 aliphatic rings. The summed E-state index contributed by atoms with van der Waals surface area (Å²) in [6.07, 6.45) is 1.28. The number of hydrogen-bond acceptors (Lipinski definition) is 3. The van der Waals surface area contributed by atoms with E-state index in [4.69, 9.17) is 9.90 Å². The molecule has 0 atom stereocenters. The van der Waals surface area contributed by atoms with Gasteiger partial charge < -0.3 is 5.11 Å². The van der Waals surface area contributed by atoms with Gasteiger partial charge in [0.25, 0.3) is 0 Å². The summed E-state index contributed by atoms with van der Waals surface area (Å²) in [7, 11) is 0. The van der Waals surface area contributed by atoms with Crippen LogP contribution in [0.1, 0.15) is 13.8 Å². The second-order valence-electron chi connectivity index (χ2n) is 1.90. The number of isocyanates is 1. The Labute approximate surface area is 61.1 Å². The number of nitrogens with zero attached hydrogens (tertiary/aromatic N) is 1. The standard InChI is InChI=1S/C4H8.C3H5NO2/c1-4(2)3;5-2-1-4-3-6/h1H2,2-3H3;5H,1-2H2. The van der Waals surface area contributed by atoms with E-state index >= 15 is 0 Å². The van der Waals surface area contributed by atoms with Gasteiger partial charge in [-0.05, 0) is 13.8 Å². The van der Waals surface area contributed by atoms with Crippen LogP contribution in [-0.2, 0) is 4.79 Å². The van der Waals surface area contributed by atoms with Crippen molar-refractivity contribution in [2.24, 2.45) is 4.99 Å². The number of hydrogen-bond donors (Lipinski definition) is 1. The molecule has 0 fully saturated rings. The second-order valence-corrected chi connectivity index (χ2v) is 1.90. The van der Waals surface area contributed by atoms with E-state index < -0.39 is 0 Å². The zero-order valence-electron chi connectivity index (χ0n) is 6.42. The van der Waals surface area contributed by atoms with Crippen LogP contribution < -0.4 is 0 Å². The maximum Gasteiger partial charge on any atom is 0.235 e. The van der Waals surface area contributed by atoms with E-state index in [1.54, 1.807) is 0 Å². The molecular formula is C7H13NO2. The molecule has 10 heavy (non-hydrogen) atoms. The van der Waals surface area contributed by atoms with Crippen molar-refractivity contribution in [3.8, 4) is 0 Å². The fraction of sp³-hybridized carbons (Fsp3) is 0.571. The van der Waals surface area contributed by atoms with Gasteiger partial charge in [0.05, 0.1) is 13.2 Å². The molecule has 0 rings (SSSR count). The number of aliphatic hydroxyl groups is 1. The van der Waals surface area contributed by atoms with Crippen molar-refractivity contribution in [1.82, 2.24) is 0 Å². The Morgan fingerprint density at radius 3 is 2.20 bits per heavy atom. The van der Waals surface area contributed by atoms with Crippen LogP contribution in [0, 0.1) is 0 Å². The molecule has 3 heteroatoms. The first-order valence-electron chi connectivity index (χ1n) is 2.91. The second kappa shape index (κ2) is 11.0. The lowest BCUT2D eigenvalue weighted by Crippen LogP contribution is -1.83. The lowest BCUT2D eigenvalue weighted by molar-refractivity contribution is 0.306. The molecular weight excluding hydrogens is 130 g/mol. The zero-order valence-corrected chi connectivity index (χ0v) is 6.42. The van der Waals surface area contributed by atoms with Gasteiger partial charge in [0.1, 0.15) is 0 Å². The Morgan fingerprint density at radius 1 is 1.70 bits per heavy atom. The van der Waals surface area contributed by atoms with Crippen LogP contribution in [-0.4, -0.2) is 24.3 Å². The van der Waals surface area contributed by atoms with E-state index in [1.165, 1.54) is 11.7 Å². The van der Waals surface area contributed by atoms with Crippen molar-refractivity contribution in [2.45, 2.75) is 13.8 Å². The molecule has 0 unspecified atom stereocenters. The summed E-state index contributed by atoms with van der Waals surface area (Å²) in [5.41, 5.74) is 1.17. The highest BCUT2D eigenvalue weighted by Gasteiger charge is 1.67. The summed E-state index contributed by atoms with van der Waals surface area (Å²) in [4.78, 5) is 12.2. The van der Waals surface area contributed by atoms with Crippen molar-refractivity contribution in [2.75, 3.05) is 13.2 Å². The summed E-state index contributed by atoms with van der Waals surface area (Å²) < 4.78 is 0. The van der Waals surface area contributed by atoms with E-state index in [-0.39, 0.29) is 13.2 Å². The summed E-state index contributed by atoms with van der Waals surface area (Å²) in [5, 5.41) is 7.92. The number of carbonyl (C=O) groups excluding carboxylic acids is 1. The van der Waals surface area contributed by atoms with E-state index in [0.717, 1.165) is 0 Å². The van der Waals surface area contributed by atoms with Gasteiger partial charge in [0.15, 0.2) is 0 Å². The maximum absolute atomic E-state index is 9.16. The SMILES string of the molecule is C=C(C)C.O=C=NCCO. The minimum Gasteiger partial charge on any atom is -0.394 e. The minimum absolute atomic E-state index is 0.0742. The third kappa shape index (κ3) is 60.5. The third-order valence-corrected chi connectivity index (χ3v) is 0.276. The average molecular weight is 143 g/mol. The summed E-state index contributed by atoms with van der Waals surface area (Å²) in [6, 6.07) is 0. The highest BCUT2D eigenvalue weighted by Crippen LogP contribution is 1.73. The van der Waals surface area contributed by atoms with Gasteiger partial charge in [-0.15, -0.1) is 6.58 Å². The molecule has 58 valence electrons. The van der Waals surface area contributed by atoms with Gasteiger partial charge in [-0.3, -0.25) is 0 Å². The van der Waals surface area contributed by atoms with E-state index in [0.29, 0.717) is 0 Å². The predicted molar refractivity (Wildman–Crippen MR) is 40.6 cm³/mol. The van der Waals surface area contributed by atoms with Crippen LogP contribution in [0.4, 0.5) is 0 Å². The van der Waals surface area contributed by atoms with E-state index in [2.05, 4.69) is 11.6 Å². The van der Waals surface area contributed by atoms with Gasteiger partial charge in [-0.1, -0.05) is 5.57 Å². The number of aliphatic imine (C=N–C) groups is 1. The molecule has 0 spiro atoms. The Bertz CT molecular complexity index is 122. The number of allylic oxidation sites excluding steroid dienone is 1. The van der Waals surface area contributed by atoms with Crippen LogP contribution in [0.25, 0.3) is 0 Å². The Kier molecular flexibility index (Phi) is 13.0. The van der Waals surface area contributed by atoms with E-state index in [1.807, 2.05) is 13.8 Å². The van der Waals surface area contributed by atoms with Gasteiger partial charge in [0.2, 0.25) is 6.08 Å². The first kappa shape index (κ1) is 11.8. The van der Waals surface area contributed by atoms with Crippen LogP contribution in [0.5, 0.6) is 0 Å². The first-order chi connectivity index (χ1) is 4.65. The highest BCUT2D eigenvalue weighted by atomic mass is 16.3. The Hall–Kier alpha value is -0.920. The van der Waals surface area contributed by atoms with Gasteiger partial charge in [-0.2, -0.15) is 0 Å². The summed E-state index contributed by atoms with van der Waals surface area (Å²) in [6.45, 7) is 7.60. The predicted octanol–water partition coefficient (Wildman–Crippen LogP) is 0.897. The molecule has 0 aromatic heterocycles. The lowest BCUT2D eigenvalue weighted by Gasteiger charge is -1.72. The minimum atomic E-state index is -0.0742. The molecule has 0 aromatic carbocycles. The molecule has 0 bridgehead atoms. The number of aliphatic hydroxyl groups excluding tert-OH is 1. The molecule has 0 amide bonds. The maximum atomic E-state index is 9.16. The van der Waals surface area contributed by atoms with Crippen molar-refractivity contribution in [3.63, 3.8) is 0 Å². The molecule has 0 aliphatic carbocycles. The lowest BCUT2D eigenvalue weighted by atomic mass is 10.4. The first-order valence-corrected chi connectivity index (χ1v) is 2.91. The van der Waals surface area contributed by atoms with Crippen LogP contribution >= 0.6 is 0 Å². The largest absolute Gasteiger partial charge is 0.394 e.